The van der Waals surface area contributed by atoms with E-state index < -0.39 is 11.8 Å². The molecule has 1 aromatic carbocycles. The molecule has 0 amide bonds. The number of ether oxygens (including phenoxy) is 2. The zero-order chi connectivity index (χ0) is 11.8. The van der Waals surface area contributed by atoms with Gasteiger partial charge in [-0.3, -0.25) is 0 Å². The van der Waals surface area contributed by atoms with Crippen LogP contribution in [0.3, 0.4) is 0 Å². The molecule has 5 heteroatoms. The summed E-state index contributed by atoms with van der Waals surface area (Å²) in [5.41, 5.74) is 0.596. The van der Waals surface area contributed by atoms with Crippen LogP contribution in [0.2, 0.25) is 5.02 Å². The number of carbonyl (C=O) groups is 1. The van der Waals surface area contributed by atoms with Crippen molar-refractivity contribution in [3.05, 3.63) is 34.3 Å². The minimum absolute atomic E-state index is 0.108. The van der Waals surface area contributed by atoms with Crippen molar-refractivity contribution in [3.63, 3.8) is 0 Å². The number of hydrogen-bond donors (Lipinski definition) is 1. The lowest BCUT2D eigenvalue weighted by atomic mass is 10.0. The predicted octanol–water partition coefficient (Wildman–Crippen LogP) is 2.26. The van der Waals surface area contributed by atoms with Gasteiger partial charge >= 0.3 is 5.97 Å². The van der Waals surface area contributed by atoms with Crippen molar-refractivity contribution in [2.24, 2.45) is 0 Å². The summed E-state index contributed by atoms with van der Waals surface area (Å²) in [5.74, 6) is -2.03. The molecule has 2 rings (SSSR count). The van der Waals surface area contributed by atoms with Crippen LogP contribution in [-0.4, -0.2) is 24.3 Å². The van der Waals surface area contributed by atoms with E-state index in [0.717, 1.165) is 0 Å². The Morgan fingerprint density at radius 1 is 1.44 bits per heavy atom. The molecule has 16 heavy (non-hydrogen) atoms. The van der Waals surface area contributed by atoms with Crippen LogP contribution in [0, 0.1) is 0 Å². The highest BCUT2D eigenvalue weighted by Crippen LogP contribution is 2.34. The summed E-state index contributed by atoms with van der Waals surface area (Å²) < 4.78 is 10.9. The van der Waals surface area contributed by atoms with Gasteiger partial charge in [-0.1, -0.05) is 17.7 Å². The average Bonchev–Trinajstić information content (AvgIpc) is 2.66. The molecule has 0 atom stereocenters. The smallest absolute Gasteiger partial charge is 0.336 e. The maximum atomic E-state index is 11.1. The van der Waals surface area contributed by atoms with Crippen molar-refractivity contribution in [3.8, 4) is 0 Å². The lowest BCUT2D eigenvalue weighted by Crippen LogP contribution is -2.25. The molecule has 0 saturated carbocycles. The minimum atomic E-state index is -1.04. The van der Waals surface area contributed by atoms with Crippen LogP contribution < -0.4 is 0 Å². The predicted molar refractivity (Wildman–Crippen MR) is 57.7 cm³/mol. The Bertz CT molecular complexity index is 424. The quantitative estimate of drug-likeness (QED) is 0.864. The maximum Gasteiger partial charge on any atom is 0.336 e. The molecular weight excluding hydrogens is 232 g/mol. The number of rotatable bonds is 2. The first-order valence-electron chi connectivity index (χ1n) is 4.84. The van der Waals surface area contributed by atoms with Crippen molar-refractivity contribution in [2.75, 3.05) is 13.2 Å². The highest BCUT2D eigenvalue weighted by atomic mass is 35.5. The van der Waals surface area contributed by atoms with Crippen LogP contribution in [0.4, 0.5) is 0 Å². The third-order valence-electron chi connectivity index (χ3n) is 2.54. The zero-order valence-corrected chi connectivity index (χ0v) is 9.45. The lowest BCUT2D eigenvalue weighted by Gasteiger charge is -2.24. The Balaban J connectivity index is 2.51. The maximum absolute atomic E-state index is 11.1. The molecule has 1 fully saturated rings. The molecule has 1 N–H and O–H groups in total. The Labute approximate surface area is 97.7 Å². The molecule has 86 valence electrons. The normalized spacial score (nSPS) is 18.6. The average molecular weight is 243 g/mol. The highest BCUT2D eigenvalue weighted by Gasteiger charge is 2.36. The van der Waals surface area contributed by atoms with E-state index in [4.69, 9.17) is 26.2 Å². The fraction of sp³-hybridized carbons (Fsp3) is 0.364. The van der Waals surface area contributed by atoms with Crippen LogP contribution in [0.15, 0.2) is 18.2 Å². The van der Waals surface area contributed by atoms with Crippen LogP contribution in [0.1, 0.15) is 22.8 Å². The van der Waals surface area contributed by atoms with Crippen molar-refractivity contribution in [1.82, 2.24) is 0 Å². The van der Waals surface area contributed by atoms with Crippen molar-refractivity contribution in [2.45, 2.75) is 12.7 Å². The van der Waals surface area contributed by atoms with Crippen LogP contribution in [-0.2, 0) is 15.3 Å². The van der Waals surface area contributed by atoms with E-state index in [1.165, 1.54) is 6.07 Å². The number of hydrogen-bond acceptors (Lipinski definition) is 3. The molecule has 0 aliphatic carbocycles. The first-order valence-corrected chi connectivity index (χ1v) is 5.22. The monoisotopic (exact) mass is 242 g/mol. The third-order valence-corrected chi connectivity index (χ3v) is 2.77. The van der Waals surface area contributed by atoms with E-state index >= 15 is 0 Å². The Morgan fingerprint density at radius 2 is 2.06 bits per heavy atom. The minimum Gasteiger partial charge on any atom is -0.478 e. The van der Waals surface area contributed by atoms with E-state index in [9.17, 15) is 4.79 Å². The molecule has 0 radical (unpaired) electrons. The van der Waals surface area contributed by atoms with Crippen LogP contribution >= 0.6 is 11.6 Å². The van der Waals surface area contributed by atoms with Gasteiger partial charge in [0, 0.05) is 10.6 Å². The summed E-state index contributed by atoms with van der Waals surface area (Å²) in [6, 6.07) is 4.65. The highest BCUT2D eigenvalue weighted by molar-refractivity contribution is 6.31. The zero-order valence-electron chi connectivity index (χ0n) is 8.70. The largest absolute Gasteiger partial charge is 0.478 e. The number of benzene rings is 1. The van der Waals surface area contributed by atoms with Gasteiger partial charge in [-0.2, -0.15) is 0 Å². The van der Waals surface area contributed by atoms with Gasteiger partial charge in [-0.15, -0.1) is 0 Å². The van der Waals surface area contributed by atoms with E-state index in [0.29, 0.717) is 23.8 Å². The van der Waals surface area contributed by atoms with E-state index in [-0.39, 0.29) is 5.56 Å². The Morgan fingerprint density at radius 3 is 2.62 bits per heavy atom. The van der Waals surface area contributed by atoms with Gasteiger partial charge in [-0.25, -0.2) is 4.79 Å². The molecule has 1 heterocycles. The van der Waals surface area contributed by atoms with Gasteiger partial charge in [0.05, 0.1) is 18.8 Å². The summed E-state index contributed by atoms with van der Waals surface area (Å²) in [5, 5.41) is 9.47. The van der Waals surface area contributed by atoms with Gasteiger partial charge < -0.3 is 14.6 Å². The summed E-state index contributed by atoms with van der Waals surface area (Å²) in [6.07, 6.45) is 0. The van der Waals surface area contributed by atoms with Gasteiger partial charge in [0.25, 0.3) is 0 Å². The molecule has 0 aromatic heterocycles. The van der Waals surface area contributed by atoms with E-state index in [1.54, 1.807) is 19.1 Å². The Hall–Kier alpha value is -1.10. The lowest BCUT2D eigenvalue weighted by molar-refractivity contribution is -0.150. The van der Waals surface area contributed by atoms with Gasteiger partial charge in [0.2, 0.25) is 0 Å². The van der Waals surface area contributed by atoms with Crippen molar-refractivity contribution < 1.29 is 19.4 Å². The fourth-order valence-electron chi connectivity index (χ4n) is 1.76. The molecule has 1 saturated heterocycles. The first kappa shape index (κ1) is 11.4. The Kier molecular flexibility index (Phi) is 2.88. The number of aromatic carboxylic acids is 1. The van der Waals surface area contributed by atoms with Gasteiger partial charge in [-0.05, 0) is 19.1 Å². The van der Waals surface area contributed by atoms with Crippen molar-refractivity contribution >= 4 is 17.6 Å². The molecule has 1 aromatic rings. The van der Waals surface area contributed by atoms with Crippen LogP contribution in [0.5, 0.6) is 0 Å². The summed E-state index contributed by atoms with van der Waals surface area (Å²) in [7, 11) is 0. The third kappa shape index (κ3) is 1.91. The fourth-order valence-corrected chi connectivity index (χ4v) is 1.93. The summed E-state index contributed by atoms with van der Waals surface area (Å²) in [6.45, 7) is 2.62. The van der Waals surface area contributed by atoms with Crippen molar-refractivity contribution in [1.29, 1.82) is 0 Å². The molecule has 4 nitrogen and oxygen atoms in total. The second-order valence-electron chi connectivity index (χ2n) is 3.64. The summed E-state index contributed by atoms with van der Waals surface area (Å²) in [4.78, 5) is 11.1. The topological polar surface area (TPSA) is 55.8 Å². The summed E-state index contributed by atoms with van der Waals surface area (Å²) >= 11 is 5.77. The molecule has 0 unspecified atom stereocenters. The number of carboxylic acids is 1. The first-order chi connectivity index (χ1) is 7.53. The van der Waals surface area contributed by atoms with Gasteiger partial charge in [0.15, 0.2) is 5.79 Å². The molecular formula is C11H11ClO4. The number of carboxylic acid groups (broad SMARTS) is 1. The van der Waals surface area contributed by atoms with E-state index in [2.05, 4.69) is 0 Å². The van der Waals surface area contributed by atoms with Gasteiger partial charge in [0.1, 0.15) is 0 Å². The second kappa shape index (κ2) is 4.05. The molecule has 1 aliphatic heterocycles. The second-order valence-corrected chi connectivity index (χ2v) is 4.07. The van der Waals surface area contributed by atoms with E-state index in [1.807, 2.05) is 0 Å². The molecule has 1 aliphatic rings. The standard InChI is InChI=1S/C11H11ClO4/c1-11(15-4-5-16-11)9-3-2-7(12)6-8(9)10(13)14/h2-3,6H,4-5H2,1H3,(H,13,14). The molecule has 0 spiro atoms. The van der Waals surface area contributed by atoms with Crippen LogP contribution in [0.25, 0.3) is 0 Å². The number of halogens is 1. The SMILES string of the molecule is CC1(c2ccc(Cl)cc2C(=O)O)OCCO1. The molecule has 0 bridgehead atoms.